The van der Waals surface area contributed by atoms with Crippen molar-refractivity contribution < 1.29 is 29.3 Å². The maximum Gasteiger partial charge on any atom is 0.300 e. The molecule has 0 bridgehead atoms. The monoisotopic (exact) mass is 487 g/mol. The molecule has 0 aliphatic carbocycles. The van der Waals surface area contributed by atoms with Crippen molar-refractivity contribution in [1.29, 1.82) is 0 Å². The third kappa shape index (κ3) is 4.28. The van der Waals surface area contributed by atoms with E-state index in [0.717, 1.165) is 11.1 Å². The van der Waals surface area contributed by atoms with Crippen LogP contribution in [-0.4, -0.2) is 36.1 Å². The Balaban J connectivity index is 1.97. The number of rotatable bonds is 6. The fourth-order valence-corrected chi connectivity index (χ4v) is 4.46. The van der Waals surface area contributed by atoms with E-state index in [1.54, 1.807) is 36.4 Å². The van der Waals surface area contributed by atoms with E-state index >= 15 is 0 Å². The number of carbonyl (C=O) groups excluding carboxylic acids is 2. The number of benzene rings is 3. The lowest BCUT2D eigenvalue weighted by atomic mass is 9.94. The highest BCUT2D eigenvalue weighted by molar-refractivity contribution is 6.51. The molecule has 3 aromatic carbocycles. The highest BCUT2D eigenvalue weighted by Gasteiger charge is 2.47. The summed E-state index contributed by atoms with van der Waals surface area (Å²) in [6.07, 6.45) is 0. The number of ether oxygens (including phenoxy) is 2. The Kier molecular flexibility index (Phi) is 6.75. The minimum absolute atomic E-state index is 0.0959. The van der Waals surface area contributed by atoms with Gasteiger partial charge in [-0.25, -0.2) is 0 Å². The first-order valence-corrected chi connectivity index (χ1v) is 11.6. The standard InChI is InChI=1S/C29H29NO6/c1-16(2)18-7-10-20(11-8-18)30-26(19-9-13-24(36-5)22(31)15-19)25(28(33)29(30)34)27(32)21-14-17(3)6-12-23(21)35-4/h6-16,26,31-32H,1-5H3/b27-25+. The quantitative estimate of drug-likeness (QED) is 0.272. The van der Waals surface area contributed by atoms with Crippen LogP contribution < -0.4 is 14.4 Å². The van der Waals surface area contributed by atoms with Crippen molar-refractivity contribution in [3.63, 3.8) is 0 Å². The Hall–Kier alpha value is -4.26. The average molecular weight is 488 g/mol. The molecule has 0 saturated carbocycles. The van der Waals surface area contributed by atoms with Crippen LogP contribution in [-0.2, 0) is 9.59 Å². The van der Waals surface area contributed by atoms with Gasteiger partial charge in [-0.05, 0) is 60.4 Å². The minimum Gasteiger partial charge on any atom is -0.507 e. The third-order valence-electron chi connectivity index (χ3n) is 6.41. The second-order valence-corrected chi connectivity index (χ2v) is 9.05. The summed E-state index contributed by atoms with van der Waals surface area (Å²) in [6, 6.07) is 16.3. The molecule has 0 spiro atoms. The molecule has 3 aromatic rings. The van der Waals surface area contributed by atoms with Gasteiger partial charge >= 0.3 is 0 Å². The van der Waals surface area contributed by atoms with Crippen molar-refractivity contribution in [3.05, 3.63) is 88.5 Å². The second-order valence-electron chi connectivity index (χ2n) is 9.05. The summed E-state index contributed by atoms with van der Waals surface area (Å²) < 4.78 is 10.6. The Morgan fingerprint density at radius 3 is 2.14 bits per heavy atom. The summed E-state index contributed by atoms with van der Waals surface area (Å²) in [5.41, 5.74) is 3.06. The zero-order valence-corrected chi connectivity index (χ0v) is 20.9. The van der Waals surface area contributed by atoms with E-state index in [1.165, 1.54) is 25.2 Å². The number of phenolic OH excluding ortho intramolecular Hbond substituents is 1. The molecule has 1 atom stereocenters. The van der Waals surface area contributed by atoms with E-state index in [-0.39, 0.29) is 28.7 Å². The molecule has 1 saturated heterocycles. The molecule has 186 valence electrons. The van der Waals surface area contributed by atoms with E-state index in [1.807, 2.05) is 25.1 Å². The number of anilines is 1. The first-order chi connectivity index (χ1) is 17.2. The topological polar surface area (TPSA) is 96.3 Å². The second kappa shape index (κ2) is 9.77. The predicted octanol–water partition coefficient (Wildman–Crippen LogP) is 5.47. The minimum atomic E-state index is -0.989. The Morgan fingerprint density at radius 1 is 0.917 bits per heavy atom. The van der Waals surface area contributed by atoms with E-state index in [4.69, 9.17) is 9.47 Å². The van der Waals surface area contributed by atoms with Crippen molar-refractivity contribution in [1.82, 2.24) is 0 Å². The molecule has 1 aliphatic heterocycles. The molecule has 1 amide bonds. The molecule has 4 rings (SSSR count). The third-order valence-corrected chi connectivity index (χ3v) is 6.41. The van der Waals surface area contributed by atoms with Crippen LogP contribution in [0.15, 0.2) is 66.2 Å². The van der Waals surface area contributed by atoms with Crippen LogP contribution in [0.4, 0.5) is 5.69 Å². The van der Waals surface area contributed by atoms with Crippen LogP contribution in [0.25, 0.3) is 5.76 Å². The summed E-state index contributed by atoms with van der Waals surface area (Å²) in [5, 5.41) is 21.9. The zero-order valence-electron chi connectivity index (χ0n) is 20.9. The van der Waals surface area contributed by atoms with Crippen molar-refractivity contribution in [2.24, 2.45) is 0 Å². The van der Waals surface area contributed by atoms with Crippen molar-refractivity contribution in [2.45, 2.75) is 32.7 Å². The van der Waals surface area contributed by atoms with Gasteiger partial charge in [0.15, 0.2) is 11.5 Å². The predicted molar refractivity (Wildman–Crippen MR) is 138 cm³/mol. The van der Waals surface area contributed by atoms with Crippen molar-refractivity contribution >= 4 is 23.1 Å². The number of Topliss-reactive ketones (excluding diaryl/α,β-unsaturated/α-hetero) is 1. The number of amides is 1. The van der Waals surface area contributed by atoms with Gasteiger partial charge in [-0.3, -0.25) is 14.5 Å². The van der Waals surface area contributed by atoms with E-state index in [0.29, 0.717) is 22.6 Å². The van der Waals surface area contributed by atoms with Gasteiger partial charge < -0.3 is 19.7 Å². The van der Waals surface area contributed by atoms with Gasteiger partial charge in [-0.1, -0.05) is 43.7 Å². The number of ketones is 1. The van der Waals surface area contributed by atoms with Crippen LogP contribution in [0.1, 0.15) is 48.1 Å². The largest absolute Gasteiger partial charge is 0.507 e. The Labute approximate surface area is 210 Å². The number of nitrogens with zero attached hydrogens (tertiary/aromatic N) is 1. The van der Waals surface area contributed by atoms with Gasteiger partial charge in [0.25, 0.3) is 11.7 Å². The molecule has 1 fully saturated rings. The fraction of sp³-hybridized carbons (Fsp3) is 0.241. The first kappa shape index (κ1) is 24.9. The number of carbonyl (C=O) groups is 2. The maximum absolute atomic E-state index is 13.4. The lowest BCUT2D eigenvalue weighted by Gasteiger charge is -2.26. The first-order valence-electron chi connectivity index (χ1n) is 11.6. The molecule has 7 heteroatoms. The van der Waals surface area contributed by atoms with E-state index < -0.39 is 17.7 Å². The number of aliphatic hydroxyl groups excluding tert-OH is 1. The lowest BCUT2D eigenvalue weighted by Crippen LogP contribution is -2.29. The Morgan fingerprint density at radius 2 is 1.56 bits per heavy atom. The van der Waals surface area contributed by atoms with Gasteiger partial charge in [0, 0.05) is 5.69 Å². The van der Waals surface area contributed by atoms with E-state index in [2.05, 4.69) is 13.8 Å². The number of hydrogen-bond acceptors (Lipinski definition) is 6. The highest BCUT2D eigenvalue weighted by Crippen LogP contribution is 2.45. The van der Waals surface area contributed by atoms with Gasteiger partial charge in [-0.15, -0.1) is 0 Å². The molecule has 2 N–H and O–H groups in total. The fourth-order valence-electron chi connectivity index (χ4n) is 4.46. The molecule has 36 heavy (non-hydrogen) atoms. The molecule has 7 nitrogen and oxygen atoms in total. The van der Waals surface area contributed by atoms with Gasteiger partial charge in [0.2, 0.25) is 0 Å². The molecule has 0 aromatic heterocycles. The summed E-state index contributed by atoms with van der Waals surface area (Å²) in [4.78, 5) is 28.2. The van der Waals surface area contributed by atoms with Crippen molar-refractivity contribution in [3.8, 4) is 17.2 Å². The number of phenols is 1. The van der Waals surface area contributed by atoms with Crippen LogP contribution >= 0.6 is 0 Å². The van der Waals surface area contributed by atoms with Crippen molar-refractivity contribution in [2.75, 3.05) is 19.1 Å². The lowest BCUT2D eigenvalue weighted by molar-refractivity contribution is -0.132. The molecule has 1 aliphatic rings. The van der Waals surface area contributed by atoms with Crippen LogP contribution in [0.5, 0.6) is 17.2 Å². The van der Waals surface area contributed by atoms with Crippen LogP contribution in [0, 0.1) is 6.92 Å². The molecule has 0 radical (unpaired) electrons. The number of aromatic hydroxyl groups is 1. The maximum atomic E-state index is 13.4. The van der Waals surface area contributed by atoms with Gasteiger partial charge in [0.1, 0.15) is 11.5 Å². The average Bonchev–Trinajstić information content (AvgIpc) is 3.13. The normalized spacial score (nSPS) is 17.1. The molecule has 1 heterocycles. The molecule has 1 unspecified atom stereocenters. The number of aryl methyl sites for hydroxylation is 1. The highest BCUT2D eigenvalue weighted by atomic mass is 16.5. The van der Waals surface area contributed by atoms with Crippen LogP contribution in [0.3, 0.4) is 0 Å². The Bertz CT molecular complexity index is 1360. The summed E-state index contributed by atoms with van der Waals surface area (Å²) >= 11 is 0. The number of methoxy groups -OCH3 is 2. The zero-order chi connectivity index (χ0) is 26.1. The van der Waals surface area contributed by atoms with E-state index in [9.17, 15) is 19.8 Å². The van der Waals surface area contributed by atoms with Crippen LogP contribution in [0.2, 0.25) is 0 Å². The van der Waals surface area contributed by atoms with Gasteiger partial charge in [0.05, 0.1) is 31.4 Å². The number of hydrogen-bond donors (Lipinski definition) is 2. The number of aliphatic hydroxyl groups is 1. The SMILES string of the molecule is COc1ccc(C2/C(=C(\O)c3cc(C)ccc3OC)C(=O)C(=O)N2c2ccc(C(C)C)cc2)cc1O. The smallest absolute Gasteiger partial charge is 0.300 e. The summed E-state index contributed by atoms with van der Waals surface area (Å²) in [6.45, 7) is 5.98. The summed E-state index contributed by atoms with van der Waals surface area (Å²) in [5.74, 6) is -1.21. The molecular formula is C29H29NO6. The summed E-state index contributed by atoms with van der Waals surface area (Å²) in [7, 11) is 2.90. The van der Waals surface area contributed by atoms with Gasteiger partial charge in [-0.2, -0.15) is 0 Å². The molecular weight excluding hydrogens is 458 g/mol.